The first-order valence-electron chi connectivity index (χ1n) is 6.15. The van der Waals surface area contributed by atoms with E-state index in [-0.39, 0.29) is 28.4 Å². The smallest absolute Gasteiger partial charge is 0.251 e. The molecule has 0 unspecified atom stereocenters. The number of phenolic OH excluding ortho intramolecular Hbond substituents is 2. The highest BCUT2D eigenvalue weighted by Gasteiger charge is 2.20. The maximum Gasteiger partial charge on any atom is 0.251 e. The number of nitrogens with one attached hydrogen (secondary N) is 1. The second-order valence-electron chi connectivity index (χ2n) is 5.82. The molecular formula is C14H22N2O3. The van der Waals surface area contributed by atoms with Gasteiger partial charge in [-0.05, 0) is 31.6 Å². The maximum absolute atomic E-state index is 11.9. The largest absolute Gasteiger partial charge is 0.508 e. The van der Waals surface area contributed by atoms with Gasteiger partial charge in [0.25, 0.3) is 5.91 Å². The highest BCUT2D eigenvalue weighted by atomic mass is 16.3. The summed E-state index contributed by atoms with van der Waals surface area (Å²) in [6.07, 6.45) is 0. The van der Waals surface area contributed by atoms with Gasteiger partial charge in [-0.25, -0.2) is 0 Å². The molecule has 1 aromatic carbocycles. The summed E-state index contributed by atoms with van der Waals surface area (Å²) < 4.78 is 0. The van der Waals surface area contributed by atoms with Crippen LogP contribution in [0.3, 0.4) is 0 Å². The molecule has 3 N–H and O–H groups in total. The van der Waals surface area contributed by atoms with E-state index in [0.717, 1.165) is 6.54 Å². The number of carbonyl (C=O) groups excluding carboxylic acids is 1. The molecule has 0 aromatic heterocycles. The monoisotopic (exact) mass is 266 g/mol. The summed E-state index contributed by atoms with van der Waals surface area (Å²) in [6.45, 7) is 5.49. The summed E-state index contributed by atoms with van der Waals surface area (Å²) >= 11 is 0. The molecule has 1 amide bonds. The number of hydrogen-bond donors (Lipinski definition) is 3. The van der Waals surface area contributed by atoms with E-state index in [1.54, 1.807) is 0 Å². The zero-order valence-electron chi connectivity index (χ0n) is 11.9. The van der Waals surface area contributed by atoms with Gasteiger partial charge < -0.3 is 20.4 Å². The van der Waals surface area contributed by atoms with Gasteiger partial charge in [-0.2, -0.15) is 0 Å². The van der Waals surface area contributed by atoms with E-state index in [9.17, 15) is 15.0 Å². The summed E-state index contributed by atoms with van der Waals surface area (Å²) in [7, 11) is 3.97. The molecule has 0 atom stereocenters. The van der Waals surface area contributed by atoms with Crippen molar-refractivity contribution in [1.82, 2.24) is 10.2 Å². The molecule has 0 saturated heterocycles. The van der Waals surface area contributed by atoms with Crippen LogP contribution in [-0.4, -0.2) is 48.2 Å². The predicted molar refractivity (Wildman–Crippen MR) is 74.4 cm³/mol. The molecule has 0 aliphatic rings. The van der Waals surface area contributed by atoms with Crippen LogP contribution >= 0.6 is 0 Å². The quantitative estimate of drug-likeness (QED) is 0.753. The van der Waals surface area contributed by atoms with Crippen molar-refractivity contribution in [2.75, 3.05) is 27.2 Å². The second-order valence-corrected chi connectivity index (χ2v) is 5.82. The van der Waals surface area contributed by atoms with Gasteiger partial charge in [0.15, 0.2) is 0 Å². The van der Waals surface area contributed by atoms with Gasteiger partial charge in [-0.3, -0.25) is 4.79 Å². The molecule has 0 spiro atoms. The predicted octanol–water partition coefficient (Wildman–Crippen LogP) is 1.42. The molecule has 5 heteroatoms. The van der Waals surface area contributed by atoms with Crippen molar-refractivity contribution in [3.8, 4) is 11.5 Å². The molecule has 19 heavy (non-hydrogen) atoms. The molecule has 1 aromatic rings. The van der Waals surface area contributed by atoms with Crippen molar-refractivity contribution >= 4 is 5.91 Å². The fourth-order valence-electron chi connectivity index (χ4n) is 2.06. The fraction of sp³-hybridized carbons (Fsp3) is 0.500. The number of benzene rings is 1. The molecule has 106 valence electrons. The average Bonchev–Trinajstić information content (AvgIpc) is 2.22. The number of amides is 1. The van der Waals surface area contributed by atoms with E-state index in [1.165, 1.54) is 18.2 Å². The Kier molecular flexibility index (Phi) is 4.78. The minimum atomic E-state index is -0.307. The van der Waals surface area contributed by atoms with Crippen LogP contribution in [0.5, 0.6) is 11.5 Å². The van der Waals surface area contributed by atoms with E-state index in [2.05, 4.69) is 24.1 Å². The lowest BCUT2D eigenvalue weighted by molar-refractivity contribution is 0.0928. The summed E-state index contributed by atoms with van der Waals surface area (Å²) in [4.78, 5) is 14.0. The summed E-state index contributed by atoms with van der Waals surface area (Å²) in [5.74, 6) is -0.562. The third-order valence-electron chi connectivity index (χ3n) is 2.64. The molecule has 0 aliphatic carbocycles. The van der Waals surface area contributed by atoms with E-state index in [1.807, 2.05) is 14.1 Å². The Hall–Kier alpha value is -1.75. The topological polar surface area (TPSA) is 72.8 Å². The van der Waals surface area contributed by atoms with E-state index < -0.39 is 0 Å². The van der Waals surface area contributed by atoms with Gasteiger partial charge in [0.05, 0.1) is 0 Å². The van der Waals surface area contributed by atoms with Crippen molar-refractivity contribution in [3.05, 3.63) is 23.8 Å². The number of nitrogens with zero attached hydrogens (tertiary/aromatic N) is 1. The third-order valence-corrected chi connectivity index (χ3v) is 2.64. The maximum atomic E-state index is 11.9. The number of aromatic hydroxyl groups is 2. The number of hydrogen-bond acceptors (Lipinski definition) is 4. The van der Waals surface area contributed by atoms with Gasteiger partial charge in [0, 0.05) is 24.7 Å². The van der Waals surface area contributed by atoms with Crippen molar-refractivity contribution < 1.29 is 15.0 Å². The highest BCUT2D eigenvalue weighted by Crippen LogP contribution is 2.20. The molecule has 0 fully saturated rings. The zero-order valence-corrected chi connectivity index (χ0v) is 11.9. The second kappa shape index (κ2) is 5.93. The van der Waals surface area contributed by atoms with Gasteiger partial charge in [-0.15, -0.1) is 0 Å². The van der Waals surface area contributed by atoms with Crippen LogP contribution in [0.15, 0.2) is 18.2 Å². The van der Waals surface area contributed by atoms with Gasteiger partial charge in [-0.1, -0.05) is 13.8 Å². The van der Waals surface area contributed by atoms with E-state index in [0.29, 0.717) is 6.54 Å². The molecular weight excluding hydrogens is 244 g/mol. The fourth-order valence-corrected chi connectivity index (χ4v) is 2.06. The van der Waals surface area contributed by atoms with Crippen LogP contribution in [0.2, 0.25) is 0 Å². The first kappa shape index (κ1) is 15.3. The van der Waals surface area contributed by atoms with Crippen molar-refractivity contribution in [3.63, 3.8) is 0 Å². The zero-order chi connectivity index (χ0) is 14.6. The molecule has 0 bridgehead atoms. The molecule has 1 rings (SSSR count). The number of phenols is 2. The van der Waals surface area contributed by atoms with E-state index in [4.69, 9.17) is 0 Å². The average molecular weight is 266 g/mol. The first-order chi connectivity index (χ1) is 8.69. The normalized spacial score (nSPS) is 11.6. The summed E-state index contributed by atoms with van der Waals surface area (Å²) in [5, 5.41) is 21.5. The van der Waals surface area contributed by atoms with Crippen molar-refractivity contribution in [2.45, 2.75) is 13.8 Å². The van der Waals surface area contributed by atoms with Crippen LogP contribution < -0.4 is 5.32 Å². The Morgan fingerprint density at radius 1 is 1.21 bits per heavy atom. The Morgan fingerprint density at radius 2 is 1.74 bits per heavy atom. The SMILES string of the molecule is CN(C)CC(C)(C)CNC(=O)c1cc(O)cc(O)c1. The third kappa shape index (κ3) is 5.18. The first-order valence-corrected chi connectivity index (χ1v) is 6.15. The molecule has 0 heterocycles. The van der Waals surface area contributed by atoms with Crippen LogP contribution in [0.25, 0.3) is 0 Å². The Morgan fingerprint density at radius 3 is 2.21 bits per heavy atom. The van der Waals surface area contributed by atoms with Crippen LogP contribution in [0, 0.1) is 5.41 Å². The summed E-state index contributed by atoms with van der Waals surface area (Å²) in [5.41, 5.74) is 0.191. The van der Waals surface area contributed by atoms with Gasteiger partial charge >= 0.3 is 0 Å². The van der Waals surface area contributed by atoms with Crippen LogP contribution in [-0.2, 0) is 0 Å². The van der Waals surface area contributed by atoms with E-state index >= 15 is 0 Å². The van der Waals surface area contributed by atoms with Crippen LogP contribution in [0.4, 0.5) is 0 Å². The Balaban J connectivity index is 2.65. The minimum absolute atomic E-state index is 0.0575. The van der Waals surface area contributed by atoms with Crippen molar-refractivity contribution in [1.29, 1.82) is 0 Å². The standard InChI is InChI=1S/C14H22N2O3/c1-14(2,9-16(3)4)8-15-13(19)10-5-11(17)7-12(18)6-10/h5-7,17-18H,8-9H2,1-4H3,(H,15,19). The lowest BCUT2D eigenvalue weighted by Crippen LogP contribution is -2.39. The van der Waals surface area contributed by atoms with Crippen LogP contribution in [0.1, 0.15) is 24.2 Å². The molecule has 0 aliphatic heterocycles. The van der Waals surface area contributed by atoms with Gasteiger partial charge in [0.2, 0.25) is 0 Å². The lowest BCUT2D eigenvalue weighted by Gasteiger charge is -2.28. The Bertz CT molecular complexity index is 436. The minimum Gasteiger partial charge on any atom is -0.508 e. The molecule has 0 saturated carbocycles. The number of carbonyl (C=O) groups is 1. The summed E-state index contributed by atoms with van der Waals surface area (Å²) in [6, 6.07) is 3.84. The molecule has 5 nitrogen and oxygen atoms in total. The molecule has 0 radical (unpaired) electrons. The van der Waals surface area contributed by atoms with Crippen molar-refractivity contribution in [2.24, 2.45) is 5.41 Å². The number of rotatable bonds is 5. The highest BCUT2D eigenvalue weighted by molar-refractivity contribution is 5.95. The van der Waals surface area contributed by atoms with Gasteiger partial charge in [0.1, 0.15) is 11.5 Å². The lowest BCUT2D eigenvalue weighted by atomic mass is 9.93. The Labute approximate surface area is 113 Å².